The van der Waals surface area contributed by atoms with Crippen LogP contribution < -0.4 is 0 Å². The smallest absolute Gasteiger partial charge is 0.236 e. The lowest BCUT2D eigenvalue weighted by atomic mass is 10.1. The van der Waals surface area contributed by atoms with Crippen molar-refractivity contribution in [3.63, 3.8) is 0 Å². The maximum Gasteiger partial charge on any atom is 0.236 e. The van der Waals surface area contributed by atoms with Crippen molar-refractivity contribution < 1.29 is 4.79 Å². The first-order valence-electron chi connectivity index (χ1n) is 4.84. The van der Waals surface area contributed by atoms with Gasteiger partial charge in [-0.15, -0.1) is 11.3 Å². The van der Waals surface area contributed by atoms with Crippen molar-refractivity contribution in [1.82, 2.24) is 4.90 Å². The largest absolute Gasteiger partial charge is 0.337 e. The highest BCUT2D eigenvalue weighted by Gasteiger charge is 2.26. The van der Waals surface area contributed by atoms with E-state index in [4.69, 9.17) is 11.6 Å². The van der Waals surface area contributed by atoms with Gasteiger partial charge in [0.2, 0.25) is 5.91 Å². The van der Waals surface area contributed by atoms with Gasteiger partial charge in [-0.2, -0.15) is 0 Å². The molecule has 1 aromatic rings. The number of hydrogen-bond donors (Lipinski definition) is 0. The molecule has 5 heteroatoms. The van der Waals surface area contributed by atoms with Crippen molar-refractivity contribution in [3.05, 3.63) is 21.3 Å². The minimum Gasteiger partial charge on any atom is -0.337 e. The Labute approximate surface area is 106 Å². The second-order valence-electron chi connectivity index (χ2n) is 3.58. The Morgan fingerprint density at radius 1 is 1.60 bits per heavy atom. The quantitative estimate of drug-likeness (QED) is 0.768. The van der Waals surface area contributed by atoms with Gasteiger partial charge in [0, 0.05) is 11.4 Å². The van der Waals surface area contributed by atoms with Gasteiger partial charge in [0.1, 0.15) is 0 Å². The van der Waals surface area contributed by atoms with E-state index < -0.39 is 0 Å². The van der Waals surface area contributed by atoms with Crippen molar-refractivity contribution in [2.24, 2.45) is 0 Å². The monoisotopic (exact) mass is 307 g/mol. The molecule has 82 valence electrons. The van der Waals surface area contributed by atoms with E-state index in [9.17, 15) is 4.79 Å². The Morgan fingerprint density at radius 3 is 3.07 bits per heavy atom. The van der Waals surface area contributed by atoms with Crippen LogP contribution in [0.25, 0.3) is 0 Å². The molecule has 1 fully saturated rings. The van der Waals surface area contributed by atoms with E-state index in [2.05, 4.69) is 15.9 Å². The average molecular weight is 309 g/mol. The predicted octanol–water partition coefficient (Wildman–Crippen LogP) is 3.29. The van der Waals surface area contributed by atoms with Gasteiger partial charge in [0.25, 0.3) is 0 Å². The number of alkyl halides is 1. The Kier molecular flexibility index (Phi) is 3.69. The summed E-state index contributed by atoms with van der Waals surface area (Å²) in [6, 6.07) is 3.86. The molecule has 0 aliphatic carbocycles. The van der Waals surface area contributed by atoms with Crippen LogP contribution in [-0.4, -0.2) is 22.2 Å². The fourth-order valence-electron chi connectivity index (χ4n) is 1.67. The molecule has 0 spiro atoms. The van der Waals surface area contributed by atoms with Crippen molar-refractivity contribution >= 4 is 44.8 Å². The van der Waals surface area contributed by atoms with Crippen LogP contribution in [0.1, 0.15) is 17.7 Å². The van der Waals surface area contributed by atoms with Gasteiger partial charge in [0.05, 0.1) is 15.7 Å². The van der Waals surface area contributed by atoms with Crippen LogP contribution in [0.5, 0.6) is 0 Å². The molecule has 0 radical (unpaired) electrons. The molecule has 0 bridgehead atoms. The Balaban J connectivity index is 2.02. The van der Waals surface area contributed by atoms with Crippen LogP contribution >= 0.6 is 38.9 Å². The summed E-state index contributed by atoms with van der Waals surface area (Å²) in [6.07, 6.45) is 2.02. The molecule has 2 rings (SSSR count). The molecule has 1 saturated heterocycles. The molecule has 0 N–H and O–H groups in total. The van der Waals surface area contributed by atoms with Crippen LogP contribution in [0.3, 0.4) is 0 Å². The van der Waals surface area contributed by atoms with Crippen molar-refractivity contribution in [2.45, 2.75) is 24.2 Å². The van der Waals surface area contributed by atoms with Crippen molar-refractivity contribution in [3.8, 4) is 0 Å². The van der Waals surface area contributed by atoms with Crippen LogP contribution in [0.2, 0.25) is 4.34 Å². The lowest BCUT2D eigenvalue weighted by Gasteiger charge is -2.29. The molecule has 1 amide bonds. The van der Waals surface area contributed by atoms with E-state index in [1.807, 2.05) is 17.0 Å². The second-order valence-corrected chi connectivity index (χ2v) is 6.48. The number of thiophene rings is 1. The zero-order valence-electron chi connectivity index (χ0n) is 8.08. The number of nitrogens with zero attached hydrogens (tertiary/aromatic N) is 1. The van der Waals surface area contributed by atoms with Gasteiger partial charge >= 0.3 is 0 Å². The number of halogens is 2. The zero-order chi connectivity index (χ0) is 10.8. The van der Waals surface area contributed by atoms with Gasteiger partial charge in [0.15, 0.2) is 0 Å². The third kappa shape index (κ3) is 2.74. The van der Waals surface area contributed by atoms with Crippen LogP contribution in [-0.2, 0) is 11.3 Å². The number of carbonyl (C=O) groups excluding carboxylic acids is 1. The third-order valence-corrected chi connectivity index (χ3v) is 4.51. The highest BCUT2D eigenvalue weighted by molar-refractivity contribution is 9.10. The topological polar surface area (TPSA) is 20.3 Å². The van der Waals surface area contributed by atoms with Gasteiger partial charge in [-0.05, 0) is 25.0 Å². The second kappa shape index (κ2) is 4.85. The molecule has 1 aromatic heterocycles. The van der Waals surface area contributed by atoms with Crippen LogP contribution in [0, 0.1) is 0 Å². The molecule has 1 unspecified atom stereocenters. The number of carbonyl (C=O) groups is 1. The number of hydrogen-bond acceptors (Lipinski definition) is 2. The summed E-state index contributed by atoms with van der Waals surface area (Å²) < 4.78 is 0.782. The van der Waals surface area contributed by atoms with E-state index in [-0.39, 0.29) is 10.7 Å². The minimum atomic E-state index is 0.00156. The summed E-state index contributed by atoms with van der Waals surface area (Å²) in [6.45, 7) is 1.55. The van der Waals surface area contributed by atoms with Gasteiger partial charge in [-0.1, -0.05) is 27.5 Å². The normalized spacial score (nSPS) is 22.1. The van der Waals surface area contributed by atoms with E-state index >= 15 is 0 Å². The van der Waals surface area contributed by atoms with Gasteiger partial charge < -0.3 is 4.90 Å². The zero-order valence-corrected chi connectivity index (χ0v) is 11.2. The van der Waals surface area contributed by atoms with Crippen LogP contribution in [0.15, 0.2) is 12.1 Å². The molecule has 1 aliphatic rings. The summed E-state index contributed by atoms with van der Waals surface area (Å²) in [7, 11) is 0. The van der Waals surface area contributed by atoms with Gasteiger partial charge in [-0.25, -0.2) is 0 Å². The fraction of sp³-hybridized carbons (Fsp3) is 0.500. The minimum absolute atomic E-state index is 0.00156. The molecule has 0 saturated carbocycles. The number of likely N-dealkylation sites (tertiary alicyclic amines) is 1. The van der Waals surface area contributed by atoms with E-state index in [0.29, 0.717) is 6.54 Å². The molecule has 2 nitrogen and oxygen atoms in total. The molecule has 1 aliphatic heterocycles. The SMILES string of the molecule is O=C1C(Br)CCCN1Cc1ccc(Cl)s1. The van der Waals surface area contributed by atoms with Crippen molar-refractivity contribution in [2.75, 3.05) is 6.54 Å². The lowest BCUT2D eigenvalue weighted by Crippen LogP contribution is -2.40. The molecule has 1 atom stereocenters. The Morgan fingerprint density at radius 2 is 2.40 bits per heavy atom. The molecule has 2 heterocycles. The Bertz CT molecular complexity index is 368. The number of amides is 1. The third-order valence-electron chi connectivity index (χ3n) is 2.44. The van der Waals surface area contributed by atoms with Crippen molar-refractivity contribution in [1.29, 1.82) is 0 Å². The summed E-state index contributed by atoms with van der Waals surface area (Å²) in [5.41, 5.74) is 0. The standard InChI is InChI=1S/C10H11BrClNOS/c11-8-2-1-5-13(10(8)14)6-7-3-4-9(12)15-7/h3-4,8H,1-2,5-6H2. The molecule has 0 aromatic carbocycles. The molecule has 15 heavy (non-hydrogen) atoms. The molecular weight excluding hydrogens is 298 g/mol. The Hall–Kier alpha value is -0.0600. The van der Waals surface area contributed by atoms with Gasteiger partial charge in [-0.3, -0.25) is 4.79 Å². The highest BCUT2D eigenvalue weighted by atomic mass is 79.9. The number of piperidine rings is 1. The summed E-state index contributed by atoms with van der Waals surface area (Å²) in [4.78, 5) is 14.8. The predicted molar refractivity (Wildman–Crippen MR) is 66.7 cm³/mol. The lowest BCUT2D eigenvalue weighted by molar-refractivity contribution is -0.132. The first-order chi connectivity index (χ1) is 7.16. The van der Waals surface area contributed by atoms with E-state index in [0.717, 1.165) is 28.6 Å². The maximum absolute atomic E-state index is 11.8. The number of rotatable bonds is 2. The fourth-order valence-corrected chi connectivity index (χ4v) is 3.39. The first kappa shape index (κ1) is 11.4. The first-order valence-corrected chi connectivity index (χ1v) is 6.95. The van der Waals surface area contributed by atoms with Crippen LogP contribution in [0.4, 0.5) is 0 Å². The summed E-state index contributed by atoms with van der Waals surface area (Å²) >= 11 is 10.8. The van der Waals surface area contributed by atoms with E-state index in [1.165, 1.54) is 0 Å². The molecular formula is C10H11BrClNOS. The van der Waals surface area contributed by atoms with E-state index in [1.54, 1.807) is 11.3 Å². The maximum atomic E-state index is 11.8. The summed E-state index contributed by atoms with van der Waals surface area (Å²) in [5.74, 6) is 0.200. The highest BCUT2D eigenvalue weighted by Crippen LogP contribution is 2.25. The average Bonchev–Trinajstić information content (AvgIpc) is 2.59. The summed E-state index contributed by atoms with van der Waals surface area (Å²) in [5, 5.41) is 0.